The molecule has 4 nitrogen and oxygen atoms in total. The number of carbonyl (C=O) groups is 1. The van der Waals surface area contributed by atoms with Crippen LogP contribution in [0.25, 0.3) is 0 Å². The van der Waals surface area contributed by atoms with Gasteiger partial charge in [0, 0.05) is 6.54 Å². The van der Waals surface area contributed by atoms with Crippen LogP contribution in [0.1, 0.15) is 32.1 Å². The second-order valence-electron chi connectivity index (χ2n) is 5.10. The molecule has 3 fully saturated rings. The van der Waals surface area contributed by atoms with Crippen molar-refractivity contribution in [3.05, 3.63) is 0 Å². The quantitative estimate of drug-likeness (QED) is 0.664. The van der Waals surface area contributed by atoms with Gasteiger partial charge in [-0.05, 0) is 32.1 Å². The van der Waals surface area contributed by atoms with Crippen LogP contribution in [0.2, 0.25) is 0 Å². The molecule has 0 spiro atoms. The third-order valence-corrected chi connectivity index (χ3v) is 4.12. The van der Waals surface area contributed by atoms with E-state index in [4.69, 9.17) is 10.00 Å². The number of nitriles is 1. The van der Waals surface area contributed by atoms with E-state index >= 15 is 0 Å². The molecule has 2 unspecified atom stereocenters. The first kappa shape index (κ1) is 10.1. The minimum Gasteiger partial charge on any atom is -0.374 e. The number of hydrogen-bond donors (Lipinski definition) is 0. The highest BCUT2D eigenvalue weighted by Gasteiger charge is 2.55. The molecule has 0 aromatic carbocycles. The maximum atomic E-state index is 12.3. The van der Waals surface area contributed by atoms with Gasteiger partial charge in [0.1, 0.15) is 5.41 Å². The molecule has 1 saturated heterocycles. The molecule has 4 heteroatoms. The van der Waals surface area contributed by atoms with Crippen molar-refractivity contribution in [1.29, 1.82) is 5.26 Å². The zero-order valence-corrected chi connectivity index (χ0v) is 9.32. The van der Waals surface area contributed by atoms with Crippen molar-refractivity contribution in [3.8, 4) is 6.07 Å². The summed E-state index contributed by atoms with van der Waals surface area (Å²) in [5, 5.41) is 9.07. The monoisotopic (exact) mass is 220 g/mol. The van der Waals surface area contributed by atoms with Gasteiger partial charge in [-0.3, -0.25) is 4.79 Å². The van der Waals surface area contributed by atoms with Crippen LogP contribution in [-0.4, -0.2) is 36.1 Å². The topological polar surface area (TPSA) is 53.3 Å². The fourth-order valence-electron chi connectivity index (χ4n) is 2.95. The fourth-order valence-corrected chi connectivity index (χ4v) is 2.95. The molecule has 3 rings (SSSR count). The number of hydrogen-bond acceptors (Lipinski definition) is 3. The first-order valence-electron chi connectivity index (χ1n) is 6.11. The summed E-state index contributed by atoms with van der Waals surface area (Å²) in [5.74, 6) is 0.0650. The molecule has 0 N–H and O–H groups in total. The molecule has 1 amide bonds. The summed E-state index contributed by atoms with van der Waals surface area (Å²) < 4.78 is 5.67. The Hall–Kier alpha value is -1.08. The predicted molar refractivity (Wildman–Crippen MR) is 56.4 cm³/mol. The number of nitrogens with zero attached hydrogens (tertiary/aromatic N) is 2. The molecule has 0 aromatic rings. The normalized spacial score (nSPS) is 35.3. The average molecular weight is 220 g/mol. The highest BCUT2D eigenvalue weighted by Crippen LogP contribution is 2.47. The van der Waals surface area contributed by atoms with Crippen LogP contribution in [0.3, 0.4) is 0 Å². The molecular weight excluding hydrogens is 204 g/mol. The predicted octanol–water partition coefficient (Wildman–Crippen LogP) is 1.07. The molecule has 16 heavy (non-hydrogen) atoms. The average Bonchev–Trinajstić information content (AvgIpc) is 2.98. The number of ether oxygens (including phenoxy) is 1. The summed E-state index contributed by atoms with van der Waals surface area (Å²) >= 11 is 0. The highest BCUT2D eigenvalue weighted by atomic mass is 16.5. The number of morpholine rings is 1. The van der Waals surface area contributed by atoms with E-state index in [1.165, 1.54) is 0 Å². The van der Waals surface area contributed by atoms with E-state index in [-0.39, 0.29) is 18.1 Å². The molecule has 2 saturated carbocycles. The summed E-state index contributed by atoms with van der Waals surface area (Å²) in [4.78, 5) is 14.2. The van der Waals surface area contributed by atoms with Gasteiger partial charge in [0.05, 0.1) is 24.8 Å². The van der Waals surface area contributed by atoms with Gasteiger partial charge in [0.25, 0.3) is 0 Å². The maximum Gasteiger partial charge on any atom is 0.243 e. The van der Waals surface area contributed by atoms with Crippen LogP contribution in [0.5, 0.6) is 0 Å². The van der Waals surface area contributed by atoms with Gasteiger partial charge in [0.15, 0.2) is 0 Å². The second kappa shape index (κ2) is 3.46. The van der Waals surface area contributed by atoms with Crippen molar-refractivity contribution in [3.63, 3.8) is 0 Å². The van der Waals surface area contributed by atoms with Gasteiger partial charge in [0.2, 0.25) is 5.91 Å². The Morgan fingerprint density at radius 1 is 1.44 bits per heavy atom. The SMILES string of the molecule is N#CC1(C(=O)N2CCOC3CCCC32)CC1. The second-order valence-corrected chi connectivity index (χ2v) is 5.10. The van der Waals surface area contributed by atoms with E-state index < -0.39 is 5.41 Å². The Morgan fingerprint density at radius 3 is 2.94 bits per heavy atom. The lowest BCUT2D eigenvalue weighted by molar-refractivity contribution is -0.147. The van der Waals surface area contributed by atoms with Crippen LogP contribution >= 0.6 is 0 Å². The molecule has 0 aromatic heterocycles. The molecule has 2 aliphatic carbocycles. The first-order valence-corrected chi connectivity index (χ1v) is 6.11. The van der Waals surface area contributed by atoms with Crippen molar-refractivity contribution in [2.24, 2.45) is 5.41 Å². The fraction of sp³-hybridized carbons (Fsp3) is 0.833. The van der Waals surface area contributed by atoms with Crippen molar-refractivity contribution < 1.29 is 9.53 Å². The number of amides is 1. The summed E-state index contributed by atoms with van der Waals surface area (Å²) in [5.41, 5.74) is -0.662. The van der Waals surface area contributed by atoms with Gasteiger partial charge >= 0.3 is 0 Å². The van der Waals surface area contributed by atoms with Crippen molar-refractivity contribution in [2.75, 3.05) is 13.2 Å². The summed E-state index contributed by atoms with van der Waals surface area (Å²) in [7, 11) is 0. The van der Waals surface area contributed by atoms with E-state index in [1.54, 1.807) is 0 Å². The number of rotatable bonds is 1. The smallest absolute Gasteiger partial charge is 0.243 e. The summed E-state index contributed by atoms with van der Waals surface area (Å²) in [6.45, 7) is 1.30. The van der Waals surface area contributed by atoms with Gasteiger partial charge in [-0.25, -0.2) is 0 Å². The number of carbonyl (C=O) groups excluding carboxylic acids is 1. The minimum atomic E-state index is -0.662. The van der Waals surface area contributed by atoms with Crippen LogP contribution in [0.4, 0.5) is 0 Å². The van der Waals surface area contributed by atoms with E-state index in [0.717, 1.165) is 32.1 Å². The molecule has 3 aliphatic rings. The summed E-state index contributed by atoms with van der Waals surface area (Å²) in [6.07, 6.45) is 4.96. The van der Waals surface area contributed by atoms with Crippen molar-refractivity contribution >= 4 is 5.91 Å². The molecule has 0 bridgehead atoms. The summed E-state index contributed by atoms with van der Waals surface area (Å²) in [6, 6.07) is 2.44. The molecule has 0 radical (unpaired) electrons. The maximum absolute atomic E-state index is 12.3. The lowest BCUT2D eigenvalue weighted by Gasteiger charge is -2.38. The van der Waals surface area contributed by atoms with Crippen LogP contribution in [0, 0.1) is 16.7 Å². The Kier molecular flexibility index (Phi) is 2.18. The Labute approximate surface area is 95.2 Å². The Morgan fingerprint density at radius 2 is 2.25 bits per heavy atom. The lowest BCUT2D eigenvalue weighted by atomic mass is 10.0. The van der Waals surface area contributed by atoms with Crippen molar-refractivity contribution in [1.82, 2.24) is 4.90 Å². The van der Waals surface area contributed by atoms with E-state index in [1.807, 2.05) is 4.90 Å². The van der Waals surface area contributed by atoms with Gasteiger partial charge in [-0.15, -0.1) is 0 Å². The van der Waals surface area contributed by atoms with Gasteiger partial charge < -0.3 is 9.64 Å². The first-order chi connectivity index (χ1) is 7.77. The lowest BCUT2D eigenvalue weighted by Crippen LogP contribution is -2.53. The Bertz CT molecular complexity index is 357. The molecule has 86 valence electrons. The minimum absolute atomic E-state index is 0.0650. The zero-order valence-electron chi connectivity index (χ0n) is 9.32. The third-order valence-electron chi connectivity index (χ3n) is 4.12. The Balaban J connectivity index is 1.79. The van der Waals surface area contributed by atoms with E-state index in [2.05, 4.69) is 6.07 Å². The van der Waals surface area contributed by atoms with Gasteiger partial charge in [-0.2, -0.15) is 5.26 Å². The van der Waals surface area contributed by atoms with E-state index in [0.29, 0.717) is 13.2 Å². The van der Waals surface area contributed by atoms with Crippen LogP contribution < -0.4 is 0 Å². The largest absolute Gasteiger partial charge is 0.374 e. The molecule has 1 heterocycles. The molecule has 1 aliphatic heterocycles. The zero-order chi connectivity index (χ0) is 11.2. The standard InChI is InChI=1S/C12H16N2O2/c13-8-12(4-5-12)11(15)14-6-7-16-10-3-1-2-9(10)14/h9-10H,1-7H2. The van der Waals surface area contributed by atoms with Crippen molar-refractivity contribution in [2.45, 2.75) is 44.2 Å². The number of fused-ring (bicyclic) bond motifs is 1. The highest BCUT2D eigenvalue weighted by molar-refractivity contribution is 5.88. The van der Waals surface area contributed by atoms with E-state index in [9.17, 15) is 4.79 Å². The van der Waals surface area contributed by atoms with Crippen LogP contribution in [-0.2, 0) is 9.53 Å². The van der Waals surface area contributed by atoms with Gasteiger partial charge in [-0.1, -0.05) is 0 Å². The third kappa shape index (κ3) is 1.35. The molecule has 2 atom stereocenters. The van der Waals surface area contributed by atoms with Crippen LogP contribution in [0.15, 0.2) is 0 Å². The molecular formula is C12H16N2O2.